The van der Waals surface area contributed by atoms with Crippen LogP contribution in [0.4, 0.5) is 5.69 Å². The number of benzene rings is 1. The lowest BCUT2D eigenvalue weighted by atomic mass is 10.3. The molecule has 1 aromatic carbocycles. The molecule has 0 saturated heterocycles. The summed E-state index contributed by atoms with van der Waals surface area (Å²) < 4.78 is 1.94. The molecule has 0 atom stereocenters. The van der Waals surface area contributed by atoms with Crippen molar-refractivity contribution in [2.24, 2.45) is 0 Å². The van der Waals surface area contributed by atoms with Crippen LogP contribution in [-0.4, -0.2) is 14.8 Å². The Morgan fingerprint density at radius 3 is 2.70 bits per heavy atom. The molecule has 3 aromatic rings. The molecule has 0 spiro atoms. The molecule has 20 heavy (non-hydrogen) atoms. The fourth-order valence-electron chi connectivity index (χ4n) is 2.07. The summed E-state index contributed by atoms with van der Waals surface area (Å²) in [5.74, 6) is 0. The van der Waals surface area contributed by atoms with Gasteiger partial charge in [0.05, 0.1) is 29.8 Å². The van der Waals surface area contributed by atoms with Crippen LogP contribution in [0.5, 0.6) is 0 Å². The van der Waals surface area contributed by atoms with E-state index >= 15 is 0 Å². The van der Waals surface area contributed by atoms with Crippen molar-refractivity contribution in [3.63, 3.8) is 0 Å². The molecule has 102 valence electrons. The van der Waals surface area contributed by atoms with E-state index in [4.69, 9.17) is 0 Å². The van der Waals surface area contributed by atoms with Crippen molar-refractivity contribution in [3.05, 3.63) is 58.3 Å². The first-order valence-electron chi connectivity index (χ1n) is 6.49. The Morgan fingerprint density at radius 2 is 2.00 bits per heavy atom. The van der Waals surface area contributed by atoms with Crippen LogP contribution in [0.15, 0.2) is 41.9 Å². The van der Waals surface area contributed by atoms with Gasteiger partial charge in [0, 0.05) is 11.1 Å². The first-order chi connectivity index (χ1) is 9.74. The average Bonchev–Trinajstić information content (AvgIpc) is 3.04. The number of rotatable bonds is 4. The molecule has 3 rings (SSSR count). The van der Waals surface area contributed by atoms with Gasteiger partial charge < -0.3 is 5.32 Å². The zero-order chi connectivity index (χ0) is 13.9. The van der Waals surface area contributed by atoms with Crippen molar-refractivity contribution >= 4 is 17.0 Å². The number of hydrogen-bond acceptors (Lipinski definition) is 4. The lowest BCUT2D eigenvalue weighted by molar-refractivity contribution is 0.847. The van der Waals surface area contributed by atoms with Crippen molar-refractivity contribution in [1.82, 2.24) is 14.8 Å². The molecule has 0 amide bonds. The van der Waals surface area contributed by atoms with Crippen molar-refractivity contribution in [2.45, 2.75) is 20.4 Å². The molecular formula is C15H16N4S. The van der Waals surface area contributed by atoms with Gasteiger partial charge in [-0.25, -0.2) is 9.67 Å². The lowest BCUT2D eigenvalue weighted by Gasteiger charge is -2.06. The monoisotopic (exact) mass is 284 g/mol. The van der Waals surface area contributed by atoms with Gasteiger partial charge in [-0.1, -0.05) is 18.2 Å². The van der Waals surface area contributed by atoms with Crippen molar-refractivity contribution < 1.29 is 0 Å². The van der Waals surface area contributed by atoms with Gasteiger partial charge in [0.15, 0.2) is 0 Å². The average molecular weight is 284 g/mol. The van der Waals surface area contributed by atoms with Crippen LogP contribution in [0.25, 0.3) is 5.69 Å². The zero-order valence-electron chi connectivity index (χ0n) is 11.5. The zero-order valence-corrected chi connectivity index (χ0v) is 12.3. The van der Waals surface area contributed by atoms with E-state index in [9.17, 15) is 0 Å². The number of nitrogens with zero attached hydrogens (tertiary/aromatic N) is 3. The number of para-hydroxylation sites is 1. The number of anilines is 1. The van der Waals surface area contributed by atoms with E-state index in [1.807, 2.05) is 48.1 Å². The second-order valence-electron chi connectivity index (χ2n) is 4.63. The summed E-state index contributed by atoms with van der Waals surface area (Å²) in [7, 11) is 0. The van der Waals surface area contributed by atoms with Gasteiger partial charge in [-0.05, 0) is 26.0 Å². The van der Waals surface area contributed by atoms with Crippen LogP contribution < -0.4 is 5.32 Å². The molecule has 1 N–H and O–H groups in total. The molecule has 2 heterocycles. The topological polar surface area (TPSA) is 42.7 Å². The van der Waals surface area contributed by atoms with Crippen LogP contribution >= 0.6 is 11.3 Å². The Balaban J connectivity index is 1.77. The molecule has 0 unspecified atom stereocenters. The van der Waals surface area contributed by atoms with Crippen LogP contribution in [0.1, 0.15) is 16.4 Å². The highest BCUT2D eigenvalue weighted by Gasteiger charge is 2.08. The third-order valence-electron chi connectivity index (χ3n) is 3.11. The van der Waals surface area contributed by atoms with Gasteiger partial charge >= 0.3 is 0 Å². The van der Waals surface area contributed by atoms with E-state index in [-0.39, 0.29) is 0 Å². The van der Waals surface area contributed by atoms with Crippen LogP contribution in [0.2, 0.25) is 0 Å². The molecule has 4 nitrogen and oxygen atoms in total. The number of aryl methyl sites for hydroxylation is 1. The number of nitrogens with one attached hydrogen (secondary N) is 1. The summed E-state index contributed by atoms with van der Waals surface area (Å²) in [5.41, 5.74) is 4.29. The molecule has 0 aliphatic heterocycles. The highest BCUT2D eigenvalue weighted by molar-refractivity contribution is 7.09. The maximum atomic E-state index is 4.45. The van der Waals surface area contributed by atoms with E-state index in [0.29, 0.717) is 0 Å². The molecule has 5 heteroatoms. The number of thiazole rings is 1. The van der Waals surface area contributed by atoms with E-state index in [1.54, 1.807) is 11.3 Å². The van der Waals surface area contributed by atoms with E-state index in [1.165, 1.54) is 0 Å². The standard InChI is InChI=1S/C15H16N4S/c1-11-10-20-15(18-11)9-16-14-8-17-19(12(14)2)13-6-4-3-5-7-13/h3-8,10,16H,9H2,1-2H3. The number of hydrogen-bond donors (Lipinski definition) is 1. The minimum Gasteiger partial charge on any atom is -0.376 e. The van der Waals surface area contributed by atoms with Gasteiger partial charge in [0.25, 0.3) is 0 Å². The first kappa shape index (κ1) is 12.9. The Bertz CT molecular complexity index is 700. The minimum absolute atomic E-state index is 0.736. The summed E-state index contributed by atoms with van der Waals surface area (Å²) in [6, 6.07) is 10.1. The summed E-state index contributed by atoms with van der Waals surface area (Å²) in [4.78, 5) is 4.45. The van der Waals surface area contributed by atoms with Crippen molar-refractivity contribution in [1.29, 1.82) is 0 Å². The van der Waals surface area contributed by atoms with Gasteiger partial charge in [-0.15, -0.1) is 11.3 Å². The molecule has 2 aromatic heterocycles. The van der Waals surface area contributed by atoms with Gasteiger partial charge in [-0.2, -0.15) is 5.10 Å². The van der Waals surface area contributed by atoms with Crippen molar-refractivity contribution in [3.8, 4) is 5.69 Å². The third-order valence-corrected chi connectivity index (χ3v) is 4.07. The van der Waals surface area contributed by atoms with Gasteiger partial charge in [-0.3, -0.25) is 0 Å². The maximum absolute atomic E-state index is 4.45. The summed E-state index contributed by atoms with van der Waals surface area (Å²) in [6.45, 7) is 4.81. The molecule has 0 aliphatic carbocycles. The largest absolute Gasteiger partial charge is 0.376 e. The summed E-state index contributed by atoms with van der Waals surface area (Å²) in [6.07, 6.45) is 1.86. The second-order valence-corrected chi connectivity index (χ2v) is 5.57. The number of aromatic nitrogens is 3. The molecule has 0 aliphatic rings. The smallest absolute Gasteiger partial charge is 0.112 e. The molecular weight excluding hydrogens is 268 g/mol. The lowest BCUT2D eigenvalue weighted by Crippen LogP contribution is -2.02. The maximum Gasteiger partial charge on any atom is 0.112 e. The van der Waals surface area contributed by atoms with E-state index < -0.39 is 0 Å². The fourth-order valence-corrected chi connectivity index (χ4v) is 2.78. The molecule has 0 saturated carbocycles. The van der Waals surface area contributed by atoms with Gasteiger partial charge in [0.1, 0.15) is 5.01 Å². The predicted molar refractivity (Wildman–Crippen MR) is 82.5 cm³/mol. The van der Waals surface area contributed by atoms with E-state index in [2.05, 4.69) is 27.7 Å². The normalized spacial score (nSPS) is 10.7. The Labute approximate surface area is 122 Å². The third kappa shape index (κ3) is 2.58. The SMILES string of the molecule is Cc1csc(CNc2cnn(-c3ccccc3)c2C)n1. The quantitative estimate of drug-likeness (QED) is 0.796. The summed E-state index contributed by atoms with van der Waals surface area (Å²) in [5, 5.41) is 11.0. The highest BCUT2D eigenvalue weighted by atomic mass is 32.1. The van der Waals surface area contributed by atoms with Crippen LogP contribution in [0, 0.1) is 13.8 Å². The van der Waals surface area contributed by atoms with Crippen molar-refractivity contribution in [2.75, 3.05) is 5.32 Å². The molecule has 0 fully saturated rings. The van der Waals surface area contributed by atoms with Crippen LogP contribution in [0.3, 0.4) is 0 Å². The van der Waals surface area contributed by atoms with Gasteiger partial charge in [0.2, 0.25) is 0 Å². The fraction of sp³-hybridized carbons (Fsp3) is 0.200. The van der Waals surface area contributed by atoms with Crippen LogP contribution in [-0.2, 0) is 6.54 Å². The molecule has 0 bridgehead atoms. The minimum atomic E-state index is 0.736. The molecule has 0 radical (unpaired) electrons. The Kier molecular flexibility index (Phi) is 3.52. The van der Waals surface area contributed by atoms with E-state index in [0.717, 1.165) is 34.3 Å². The highest BCUT2D eigenvalue weighted by Crippen LogP contribution is 2.19. The first-order valence-corrected chi connectivity index (χ1v) is 7.37. The second kappa shape index (κ2) is 5.46. The Hall–Kier alpha value is -2.14. The Morgan fingerprint density at radius 1 is 1.20 bits per heavy atom. The predicted octanol–water partition coefficient (Wildman–Crippen LogP) is 3.56. The summed E-state index contributed by atoms with van der Waals surface area (Å²) >= 11 is 1.68.